The van der Waals surface area contributed by atoms with E-state index in [1.165, 1.54) is 18.1 Å². The summed E-state index contributed by atoms with van der Waals surface area (Å²) in [6.07, 6.45) is 0.210. The number of esters is 2. The van der Waals surface area contributed by atoms with E-state index in [4.69, 9.17) is 14.2 Å². The number of hydrogen-bond acceptors (Lipinski definition) is 8. The van der Waals surface area contributed by atoms with Gasteiger partial charge in [0.1, 0.15) is 23.9 Å². The van der Waals surface area contributed by atoms with Gasteiger partial charge >= 0.3 is 24.1 Å². The Bertz CT molecular complexity index is 860. The van der Waals surface area contributed by atoms with E-state index in [-0.39, 0.29) is 31.9 Å². The summed E-state index contributed by atoms with van der Waals surface area (Å²) in [6.45, 7) is 4.89. The highest BCUT2D eigenvalue weighted by Crippen LogP contribution is 2.19. The molecule has 174 valence electrons. The molecule has 1 aromatic carbocycles. The van der Waals surface area contributed by atoms with Gasteiger partial charge in [0.2, 0.25) is 0 Å². The number of rotatable bonds is 7. The molecule has 1 aliphatic heterocycles. The molecule has 0 spiro atoms. The summed E-state index contributed by atoms with van der Waals surface area (Å²) in [4.78, 5) is 49.6. The van der Waals surface area contributed by atoms with E-state index in [1.54, 1.807) is 20.8 Å². The number of amides is 2. The third-order valence-corrected chi connectivity index (χ3v) is 4.26. The number of ether oxygens (including phenoxy) is 4. The molecule has 1 N–H and O–H groups in total. The van der Waals surface area contributed by atoms with E-state index in [9.17, 15) is 19.2 Å². The van der Waals surface area contributed by atoms with Gasteiger partial charge in [-0.15, -0.1) is 0 Å². The first-order chi connectivity index (χ1) is 15.1. The largest absolute Gasteiger partial charge is 0.464 e. The minimum absolute atomic E-state index is 0.0588. The number of carbonyl (C=O) groups excluding carboxylic acids is 4. The van der Waals surface area contributed by atoms with E-state index in [2.05, 4.69) is 10.1 Å². The van der Waals surface area contributed by atoms with Crippen molar-refractivity contribution >= 4 is 24.1 Å². The number of nitrogens with zero attached hydrogens (tertiary/aromatic N) is 1. The van der Waals surface area contributed by atoms with Crippen LogP contribution in [0.1, 0.15) is 39.2 Å². The van der Waals surface area contributed by atoms with E-state index < -0.39 is 35.8 Å². The Labute approximate surface area is 186 Å². The molecule has 0 saturated carbocycles. The zero-order chi connectivity index (χ0) is 23.7. The van der Waals surface area contributed by atoms with Gasteiger partial charge in [-0.3, -0.25) is 10.2 Å². The Morgan fingerprint density at radius 2 is 1.91 bits per heavy atom. The first kappa shape index (κ1) is 24.7. The molecule has 1 saturated heterocycles. The third kappa shape index (κ3) is 7.60. The Hall–Kier alpha value is -3.56. The van der Waals surface area contributed by atoms with Gasteiger partial charge in [-0.1, -0.05) is 36.4 Å². The van der Waals surface area contributed by atoms with E-state index in [0.29, 0.717) is 0 Å². The summed E-state index contributed by atoms with van der Waals surface area (Å²) >= 11 is 0. The van der Waals surface area contributed by atoms with Crippen molar-refractivity contribution in [3.63, 3.8) is 0 Å². The molecule has 0 aromatic heterocycles. The summed E-state index contributed by atoms with van der Waals surface area (Å²) in [5, 5.41) is 2.34. The highest BCUT2D eigenvalue weighted by Gasteiger charge is 2.38. The summed E-state index contributed by atoms with van der Waals surface area (Å²) in [7, 11) is 1.17. The predicted octanol–water partition coefficient (Wildman–Crippen LogP) is 2.87. The van der Waals surface area contributed by atoms with Gasteiger partial charge in [0.25, 0.3) is 0 Å². The number of carbonyl (C=O) groups is 4. The molecule has 2 amide bonds. The van der Waals surface area contributed by atoms with Gasteiger partial charge < -0.3 is 18.9 Å². The van der Waals surface area contributed by atoms with E-state index >= 15 is 0 Å². The maximum absolute atomic E-state index is 12.4. The lowest BCUT2D eigenvalue weighted by Crippen LogP contribution is -2.38. The minimum atomic E-state index is -0.880. The molecule has 1 aliphatic rings. The number of methoxy groups -OCH3 is 1. The van der Waals surface area contributed by atoms with Crippen molar-refractivity contribution in [2.45, 2.75) is 51.9 Å². The Kier molecular flexibility index (Phi) is 8.62. The number of cyclic esters (lactones) is 1. The molecule has 0 radical (unpaired) electrons. The van der Waals surface area contributed by atoms with Crippen molar-refractivity contribution in [1.29, 1.82) is 0 Å². The van der Waals surface area contributed by atoms with E-state index in [1.807, 2.05) is 30.3 Å². The first-order valence-corrected chi connectivity index (χ1v) is 10.0. The third-order valence-electron chi connectivity index (χ3n) is 4.26. The van der Waals surface area contributed by atoms with Crippen molar-refractivity contribution in [2.24, 2.45) is 0 Å². The number of benzene rings is 1. The molecule has 0 bridgehead atoms. The minimum Gasteiger partial charge on any atom is -0.464 e. The van der Waals surface area contributed by atoms with Crippen LogP contribution in [-0.4, -0.2) is 54.5 Å². The lowest BCUT2D eigenvalue weighted by molar-refractivity contribution is -0.139. The summed E-state index contributed by atoms with van der Waals surface area (Å²) in [6, 6.07) is 8.24. The van der Waals surface area contributed by atoms with Gasteiger partial charge in [-0.2, -0.15) is 0 Å². The van der Waals surface area contributed by atoms with Gasteiger partial charge in [-0.05, 0) is 39.2 Å². The van der Waals surface area contributed by atoms with Crippen LogP contribution in [0.2, 0.25) is 0 Å². The fourth-order valence-electron chi connectivity index (χ4n) is 2.80. The second-order valence-electron chi connectivity index (χ2n) is 7.93. The molecule has 0 unspecified atom stereocenters. The molecule has 2 rings (SSSR count). The average Bonchev–Trinajstić information content (AvgIpc) is 3.10. The van der Waals surface area contributed by atoms with Crippen LogP contribution in [-0.2, 0) is 35.1 Å². The molecule has 1 atom stereocenters. The fourth-order valence-corrected chi connectivity index (χ4v) is 2.80. The standard InChI is InChI=1S/C22H28N2O8/c1-22(2,3)32-20(27)23-16(18(25)29-4)11-8-12-17-19(26)31-14-24(17)21(28)30-13-15-9-6-5-7-10-15/h5-7,9-11,17H,8,12-14H2,1-4H3,(H,23,27)/b16-11+/t17-/m0/s1. The number of nitrogens with one attached hydrogen (secondary N) is 1. The van der Waals surface area contributed by atoms with Gasteiger partial charge in [-0.25, -0.2) is 19.2 Å². The summed E-state index contributed by atoms with van der Waals surface area (Å²) < 4.78 is 20.0. The molecule has 1 fully saturated rings. The van der Waals surface area contributed by atoms with Gasteiger partial charge in [0.05, 0.1) is 7.11 Å². The number of hydrogen-bond donors (Lipinski definition) is 1. The van der Waals surface area contributed by atoms with Crippen molar-refractivity contribution < 1.29 is 38.1 Å². The highest BCUT2D eigenvalue weighted by molar-refractivity contribution is 5.92. The van der Waals surface area contributed by atoms with E-state index in [0.717, 1.165) is 5.56 Å². The van der Waals surface area contributed by atoms with Crippen LogP contribution in [0.25, 0.3) is 0 Å². The molecule has 32 heavy (non-hydrogen) atoms. The zero-order valence-corrected chi connectivity index (χ0v) is 18.6. The fraction of sp³-hybridized carbons (Fsp3) is 0.455. The van der Waals surface area contributed by atoms with Crippen molar-refractivity contribution in [1.82, 2.24) is 10.2 Å². The number of allylic oxidation sites excluding steroid dienone is 1. The van der Waals surface area contributed by atoms with Crippen LogP contribution in [0.4, 0.5) is 9.59 Å². The Morgan fingerprint density at radius 3 is 2.53 bits per heavy atom. The van der Waals surface area contributed by atoms with Gasteiger partial charge in [0.15, 0.2) is 6.73 Å². The van der Waals surface area contributed by atoms with Crippen LogP contribution in [0, 0.1) is 0 Å². The van der Waals surface area contributed by atoms with Crippen molar-refractivity contribution in [3.8, 4) is 0 Å². The highest BCUT2D eigenvalue weighted by atomic mass is 16.6. The average molecular weight is 448 g/mol. The van der Waals surface area contributed by atoms with Crippen LogP contribution in [0.15, 0.2) is 42.1 Å². The molecule has 1 heterocycles. The molecular weight excluding hydrogens is 420 g/mol. The predicted molar refractivity (Wildman–Crippen MR) is 112 cm³/mol. The molecule has 10 nitrogen and oxygen atoms in total. The maximum Gasteiger partial charge on any atom is 0.413 e. The smallest absolute Gasteiger partial charge is 0.413 e. The second kappa shape index (κ2) is 11.2. The van der Waals surface area contributed by atoms with Crippen LogP contribution in [0.3, 0.4) is 0 Å². The topological polar surface area (TPSA) is 120 Å². The normalized spacial score (nSPS) is 16.2. The SMILES string of the molecule is COC(=O)/C(=C\CC[C@H]1C(=O)OCN1C(=O)OCc1ccccc1)NC(=O)OC(C)(C)C. The maximum atomic E-state index is 12.4. The van der Waals surface area contributed by atoms with Crippen LogP contribution >= 0.6 is 0 Å². The lowest BCUT2D eigenvalue weighted by Gasteiger charge is -2.20. The summed E-state index contributed by atoms with van der Waals surface area (Å²) in [5.74, 6) is -1.35. The monoisotopic (exact) mass is 448 g/mol. The Balaban J connectivity index is 1.97. The molecular formula is C22H28N2O8. The molecule has 1 aromatic rings. The molecule has 10 heteroatoms. The van der Waals surface area contributed by atoms with Gasteiger partial charge in [0, 0.05) is 0 Å². The van der Waals surface area contributed by atoms with Crippen molar-refractivity contribution in [2.75, 3.05) is 13.8 Å². The summed E-state index contributed by atoms with van der Waals surface area (Å²) in [5.41, 5.74) is -0.0754. The van der Waals surface area contributed by atoms with Crippen LogP contribution in [0.5, 0.6) is 0 Å². The van der Waals surface area contributed by atoms with Crippen LogP contribution < -0.4 is 5.32 Å². The molecule has 0 aliphatic carbocycles. The lowest BCUT2D eigenvalue weighted by atomic mass is 10.1. The number of alkyl carbamates (subject to hydrolysis) is 1. The Morgan fingerprint density at radius 1 is 1.22 bits per heavy atom. The zero-order valence-electron chi connectivity index (χ0n) is 18.6. The first-order valence-electron chi connectivity index (χ1n) is 10.0. The van der Waals surface area contributed by atoms with Crippen molar-refractivity contribution in [3.05, 3.63) is 47.7 Å². The quantitative estimate of drug-likeness (QED) is 0.384. The second-order valence-corrected chi connectivity index (χ2v) is 7.93.